The van der Waals surface area contributed by atoms with Gasteiger partial charge in [0.05, 0.1) is 0 Å². The van der Waals surface area contributed by atoms with Crippen molar-refractivity contribution in [2.45, 2.75) is 39.3 Å². The molecule has 1 aromatic heterocycles. The molecule has 1 amide bonds. The van der Waals surface area contributed by atoms with Crippen molar-refractivity contribution in [1.82, 2.24) is 15.5 Å². The number of nitrogens with two attached hydrogens (primary N) is 1. The van der Waals surface area contributed by atoms with Crippen LogP contribution in [0.5, 0.6) is 0 Å². The van der Waals surface area contributed by atoms with E-state index in [0.717, 1.165) is 5.56 Å². The van der Waals surface area contributed by atoms with E-state index in [1.165, 1.54) is 5.56 Å². The van der Waals surface area contributed by atoms with Gasteiger partial charge in [-0.2, -0.15) is 4.98 Å². The average Bonchev–Trinajstić information content (AvgIpc) is 2.98. The van der Waals surface area contributed by atoms with Gasteiger partial charge < -0.3 is 20.3 Å². The molecule has 1 atom stereocenters. The number of ether oxygens (including phenoxy) is 1. The molecule has 138 valence electrons. The first-order valence-electron chi connectivity index (χ1n) is 7.94. The van der Waals surface area contributed by atoms with Crippen molar-refractivity contribution in [3.8, 4) is 0 Å². The van der Waals surface area contributed by atoms with E-state index in [9.17, 15) is 4.79 Å². The number of halogens is 1. The predicted octanol–water partition coefficient (Wildman–Crippen LogP) is 2.26. The number of rotatable bonds is 8. The first-order valence-corrected chi connectivity index (χ1v) is 7.94. The minimum Gasteiger partial charge on any atom is -0.362 e. The van der Waals surface area contributed by atoms with E-state index < -0.39 is 0 Å². The van der Waals surface area contributed by atoms with Gasteiger partial charge in [0.15, 0.2) is 5.82 Å². The number of aromatic nitrogens is 2. The fraction of sp³-hybridized carbons (Fsp3) is 0.471. The molecule has 0 aliphatic rings. The zero-order valence-corrected chi connectivity index (χ0v) is 15.5. The van der Waals surface area contributed by atoms with E-state index in [1.807, 2.05) is 12.1 Å². The molecule has 1 unspecified atom stereocenters. The molecular formula is C17H25ClN4O3. The minimum absolute atomic E-state index is 0. The van der Waals surface area contributed by atoms with Crippen molar-refractivity contribution in [3.63, 3.8) is 0 Å². The van der Waals surface area contributed by atoms with Crippen LogP contribution < -0.4 is 11.1 Å². The van der Waals surface area contributed by atoms with Gasteiger partial charge in [0.25, 0.3) is 5.89 Å². The number of benzene rings is 1. The van der Waals surface area contributed by atoms with Crippen LogP contribution in [-0.4, -0.2) is 29.2 Å². The highest BCUT2D eigenvalue weighted by atomic mass is 35.5. The van der Waals surface area contributed by atoms with Gasteiger partial charge in [-0.3, -0.25) is 4.79 Å². The fourth-order valence-corrected chi connectivity index (χ4v) is 2.15. The number of hydrogen-bond acceptors (Lipinski definition) is 6. The molecule has 25 heavy (non-hydrogen) atoms. The van der Waals surface area contributed by atoms with Crippen molar-refractivity contribution in [3.05, 3.63) is 47.1 Å². The highest BCUT2D eigenvalue weighted by Crippen LogP contribution is 2.17. The standard InChI is InChI=1S/C17H24N4O3.ClH/c1-11(2)13-4-6-14(7-5-13)15(18)8-19-16(22)9-23-10-17-20-12(3)21-24-17;/h4-7,11,15H,8-10,18H2,1-3H3,(H,19,22);1H. The molecule has 0 bridgehead atoms. The summed E-state index contributed by atoms with van der Waals surface area (Å²) in [6.45, 7) is 6.38. The third-order valence-corrected chi connectivity index (χ3v) is 3.58. The number of nitrogens with zero attached hydrogens (tertiary/aromatic N) is 2. The smallest absolute Gasteiger partial charge is 0.252 e. The van der Waals surface area contributed by atoms with Crippen LogP contribution in [-0.2, 0) is 16.1 Å². The van der Waals surface area contributed by atoms with E-state index in [-0.39, 0.29) is 37.6 Å². The van der Waals surface area contributed by atoms with Gasteiger partial charge in [-0.05, 0) is 24.0 Å². The Bertz CT molecular complexity index is 658. The van der Waals surface area contributed by atoms with Crippen molar-refractivity contribution < 1.29 is 14.1 Å². The number of carbonyl (C=O) groups excluding carboxylic acids is 1. The lowest BCUT2D eigenvalue weighted by atomic mass is 9.99. The molecule has 0 fully saturated rings. The van der Waals surface area contributed by atoms with Crippen LogP contribution in [0.3, 0.4) is 0 Å². The second kappa shape index (κ2) is 10.1. The van der Waals surface area contributed by atoms with Crippen LogP contribution in [0.1, 0.15) is 48.6 Å². The quantitative estimate of drug-likeness (QED) is 0.740. The summed E-state index contributed by atoms with van der Waals surface area (Å²) in [5, 5.41) is 6.40. The van der Waals surface area contributed by atoms with Gasteiger partial charge in [0.2, 0.25) is 5.91 Å². The van der Waals surface area contributed by atoms with Crippen LogP contribution in [0.15, 0.2) is 28.8 Å². The summed E-state index contributed by atoms with van der Waals surface area (Å²) >= 11 is 0. The Morgan fingerprint density at radius 3 is 2.48 bits per heavy atom. The van der Waals surface area contributed by atoms with E-state index >= 15 is 0 Å². The normalized spacial score (nSPS) is 11.9. The molecule has 0 radical (unpaired) electrons. The molecule has 1 aromatic carbocycles. The number of amides is 1. The Morgan fingerprint density at radius 1 is 1.28 bits per heavy atom. The number of aryl methyl sites for hydroxylation is 1. The summed E-state index contributed by atoms with van der Waals surface area (Å²) in [4.78, 5) is 15.7. The maximum absolute atomic E-state index is 11.8. The van der Waals surface area contributed by atoms with Crippen LogP contribution in [0, 0.1) is 6.92 Å². The van der Waals surface area contributed by atoms with Gasteiger partial charge in [-0.25, -0.2) is 0 Å². The van der Waals surface area contributed by atoms with E-state index in [1.54, 1.807) is 6.92 Å². The lowest BCUT2D eigenvalue weighted by Gasteiger charge is -2.14. The summed E-state index contributed by atoms with van der Waals surface area (Å²) in [7, 11) is 0. The summed E-state index contributed by atoms with van der Waals surface area (Å²) < 4.78 is 10.1. The van der Waals surface area contributed by atoms with Crippen molar-refractivity contribution in [2.24, 2.45) is 5.73 Å². The lowest BCUT2D eigenvalue weighted by Crippen LogP contribution is -2.34. The van der Waals surface area contributed by atoms with Gasteiger partial charge in [0.1, 0.15) is 13.2 Å². The molecule has 1 heterocycles. The van der Waals surface area contributed by atoms with Crippen molar-refractivity contribution in [2.75, 3.05) is 13.2 Å². The second-order valence-electron chi connectivity index (χ2n) is 5.96. The maximum Gasteiger partial charge on any atom is 0.252 e. The maximum atomic E-state index is 11.8. The monoisotopic (exact) mass is 368 g/mol. The average molecular weight is 369 g/mol. The van der Waals surface area contributed by atoms with Crippen LogP contribution in [0.2, 0.25) is 0 Å². The predicted molar refractivity (Wildman–Crippen MR) is 96.4 cm³/mol. The van der Waals surface area contributed by atoms with Crippen molar-refractivity contribution >= 4 is 18.3 Å². The molecule has 2 aromatic rings. The first-order chi connectivity index (χ1) is 11.5. The Morgan fingerprint density at radius 2 is 1.92 bits per heavy atom. The highest BCUT2D eigenvalue weighted by Gasteiger charge is 2.10. The zero-order valence-electron chi connectivity index (χ0n) is 14.7. The van der Waals surface area contributed by atoms with Crippen LogP contribution in [0.4, 0.5) is 0 Å². The minimum atomic E-state index is -0.256. The molecule has 7 nitrogen and oxygen atoms in total. The molecule has 2 rings (SSSR count). The Labute approximate surface area is 153 Å². The molecule has 0 spiro atoms. The van der Waals surface area contributed by atoms with Gasteiger partial charge in [0, 0.05) is 12.6 Å². The molecule has 3 N–H and O–H groups in total. The van der Waals surface area contributed by atoms with Gasteiger partial charge in [-0.1, -0.05) is 43.3 Å². The van der Waals surface area contributed by atoms with E-state index in [0.29, 0.717) is 24.2 Å². The number of hydrogen-bond donors (Lipinski definition) is 2. The molecule has 0 saturated carbocycles. The Hall–Kier alpha value is -1.96. The van der Waals surface area contributed by atoms with Crippen LogP contribution >= 0.6 is 12.4 Å². The summed E-state index contributed by atoms with van der Waals surface area (Å²) in [5.74, 6) is 1.13. The fourth-order valence-electron chi connectivity index (χ4n) is 2.15. The number of nitrogens with one attached hydrogen (secondary N) is 1. The molecule has 8 heteroatoms. The molecular weight excluding hydrogens is 344 g/mol. The molecule has 0 aliphatic carbocycles. The van der Waals surface area contributed by atoms with Gasteiger partial charge >= 0.3 is 0 Å². The second-order valence-corrected chi connectivity index (χ2v) is 5.96. The SMILES string of the molecule is Cc1noc(COCC(=O)NCC(N)c2ccc(C(C)C)cc2)n1.Cl. The lowest BCUT2D eigenvalue weighted by molar-refractivity contribution is -0.126. The van der Waals surface area contributed by atoms with E-state index in [2.05, 4.69) is 41.4 Å². The van der Waals surface area contributed by atoms with Gasteiger partial charge in [-0.15, -0.1) is 12.4 Å². The third kappa shape index (κ3) is 6.81. The largest absolute Gasteiger partial charge is 0.362 e. The summed E-state index contributed by atoms with van der Waals surface area (Å²) in [5.41, 5.74) is 8.35. The van der Waals surface area contributed by atoms with Crippen LogP contribution in [0.25, 0.3) is 0 Å². The number of carbonyl (C=O) groups is 1. The molecule has 0 aliphatic heterocycles. The van der Waals surface area contributed by atoms with E-state index in [4.69, 9.17) is 15.0 Å². The zero-order chi connectivity index (χ0) is 17.5. The first kappa shape index (κ1) is 21.1. The topological polar surface area (TPSA) is 103 Å². The highest BCUT2D eigenvalue weighted by molar-refractivity contribution is 5.85. The summed E-state index contributed by atoms with van der Waals surface area (Å²) in [6, 6.07) is 7.88. The Balaban J connectivity index is 0.00000312. The molecule has 0 saturated heterocycles. The van der Waals surface area contributed by atoms with Crippen molar-refractivity contribution in [1.29, 1.82) is 0 Å². The summed E-state index contributed by atoms with van der Waals surface area (Å²) in [6.07, 6.45) is 0. The third-order valence-electron chi connectivity index (χ3n) is 3.58. The Kier molecular flexibility index (Phi) is 8.54.